The van der Waals surface area contributed by atoms with Crippen LogP contribution < -0.4 is 10.9 Å². The van der Waals surface area contributed by atoms with E-state index in [0.29, 0.717) is 18.2 Å². The molecule has 4 rings (SSSR count). The minimum absolute atomic E-state index is 0.00128. The lowest BCUT2D eigenvalue weighted by molar-refractivity contribution is -0.119. The molecule has 0 spiro atoms. The predicted molar refractivity (Wildman–Crippen MR) is 111 cm³/mol. The fraction of sp³-hybridized carbons (Fsp3) is 0.450. The minimum Gasteiger partial charge on any atom is -0.376 e. The zero-order chi connectivity index (χ0) is 19.3. The Kier molecular flexibility index (Phi) is 6.39. The number of rotatable bonds is 7. The number of hydrogen-bond donors (Lipinski definition) is 1. The van der Waals surface area contributed by atoms with E-state index in [-0.39, 0.29) is 23.3 Å². The minimum atomic E-state index is -0.0594. The van der Waals surface area contributed by atoms with Gasteiger partial charge in [0.05, 0.1) is 29.0 Å². The summed E-state index contributed by atoms with van der Waals surface area (Å²) in [5.74, 6) is 1.06. The molecule has 1 fully saturated rings. The van der Waals surface area contributed by atoms with E-state index in [2.05, 4.69) is 5.32 Å². The number of nitrogens with zero attached hydrogens (tertiary/aromatic N) is 2. The van der Waals surface area contributed by atoms with Gasteiger partial charge >= 0.3 is 0 Å². The summed E-state index contributed by atoms with van der Waals surface area (Å²) < 4.78 is 7.24. The van der Waals surface area contributed by atoms with E-state index < -0.39 is 0 Å². The van der Waals surface area contributed by atoms with Crippen molar-refractivity contribution in [3.63, 3.8) is 0 Å². The zero-order valence-corrected chi connectivity index (χ0v) is 17.2. The molecule has 3 heterocycles. The lowest BCUT2D eigenvalue weighted by Gasteiger charge is -2.14. The highest BCUT2D eigenvalue weighted by Gasteiger charge is 2.22. The van der Waals surface area contributed by atoms with E-state index in [1.54, 1.807) is 16.3 Å². The number of aromatic nitrogens is 2. The van der Waals surface area contributed by atoms with Gasteiger partial charge in [-0.05, 0) is 18.4 Å². The van der Waals surface area contributed by atoms with Gasteiger partial charge in [-0.1, -0.05) is 42.1 Å². The van der Waals surface area contributed by atoms with Crippen molar-refractivity contribution in [3.8, 4) is 0 Å². The van der Waals surface area contributed by atoms with Gasteiger partial charge < -0.3 is 10.1 Å². The SMILES string of the molecule is O=C(CSc1nc2c(c(=O)n1Cc1ccccc1)SCC2)NC[C@H]1CCCO1. The number of fused-ring (bicyclic) bond motifs is 1. The van der Waals surface area contributed by atoms with Crippen molar-refractivity contribution in [1.29, 1.82) is 0 Å². The third kappa shape index (κ3) is 4.61. The summed E-state index contributed by atoms with van der Waals surface area (Å²) >= 11 is 2.90. The van der Waals surface area contributed by atoms with Gasteiger partial charge in [-0.2, -0.15) is 0 Å². The molecular formula is C20H23N3O3S2. The van der Waals surface area contributed by atoms with E-state index >= 15 is 0 Å². The maximum atomic E-state index is 13.0. The van der Waals surface area contributed by atoms with Crippen molar-refractivity contribution in [2.45, 2.75) is 42.0 Å². The first-order valence-electron chi connectivity index (χ1n) is 9.52. The Morgan fingerprint density at radius 2 is 2.21 bits per heavy atom. The van der Waals surface area contributed by atoms with Crippen LogP contribution in [0.15, 0.2) is 45.2 Å². The molecule has 0 unspecified atom stereocenters. The molecule has 1 amide bonds. The fourth-order valence-electron chi connectivity index (χ4n) is 3.35. The predicted octanol–water partition coefficient (Wildman–Crippen LogP) is 2.33. The van der Waals surface area contributed by atoms with Crippen LogP contribution >= 0.6 is 23.5 Å². The van der Waals surface area contributed by atoms with Gasteiger partial charge in [-0.3, -0.25) is 14.2 Å². The second kappa shape index (κ2) is 9.15. The van der Waals surface area contributed by atoms with Crippen molar-refractivity contribution in [2.75, 3.05) is 24.7 Å². The molecule has 28 heavy (non-hydrogen) atoms. The van der Waals surface area contributed by atoms with Crippen LogP contribution in [0.1, 0.15) is 24.1 Å². The van der Waals surface area contributed by atoms with E-state index in [1.807, 2.05) is 30.3 Å². The van der Waals surface area contributed by atoms with Gasteiger partial charge in [0, 0.05) is 25.3 Å². The highest BCUT2D eigenvalue weighted by molar-refractivity contribution is 8.00. The summed E-state index contributed by atoms with van der Waals surface area (Å²) in [5.41, 5.74) is 1.90. The third-order valence-electron chi connectivity index (χ3n) is 4.82. The summed E-state index contributed by atoms with van der Waals surface area (Å²) in [5, 5.41) is 3.54. The second-order valence-corrected chi connectivity index (χ2v) is 8.92. The molecule has 148 valence electrons. The van der Waals surface area contributed by atoms with Gasteiger partial charge in [0.1, 0.15) is 0 Å². The second-order valence-electron chi connectivity index (χ2n) is 6.87. The average Bonchev–Trinajstić information content (AvgIpc) is 3.40. The largest absolute Gasteiger partial charge is 0.376 e. The van der Waals surface area contributed by atoms with Gasteiger partial charge in [-0.15, -0.1) is 11.8 Å². The number of carbonyl (C=O) groups excluding carboxylic acids is 1. The topological polar surface area (TPSA) is 73.2 Å². The first-order chi connectivity index (χ1) is 13.7. The van der Waals surface area contributed by atoms with Crippen LogP contribution in [0.2, 0.25) is 0 Å². The van der Waals surface area contributed by atoms with Gasteiger partial charge in [0.2, 0.25) is 5.91 Å². The van der Waals surface area contributed by atoms with Gasteiger partial charge in [0.15, 0.2) is 5.16 Å². The van der Waals surface area contributed by atoms with E-state index in [0.717, 1.165) is 47.8 Å². The van der Waals surface area contributed by atoms with Crippen LogP contribution in [0.3, 0.4) is 0 Å². The Labute approximate surface area is 172 Å². The molecule has 1 saturated heterocycles. The van der Waals surface area contributed by atoms with Crippen LogP contribution in [0.5, 0.6) is 0 Å². The molecule has 8 heteroatoms. The lowest BCUT2D eigenvalue weighted by Crippen LogP contribution is -2.33. The monoisotopic (exact) mass is 417 g/mol. The molecule has 0 radical (unpaired) electrons. The molecule has 0 aliphatic carbocycles. The normalized spacial score (nSPS) is 18.2. The molecule has 0 bridgehead atoms. The van der Waals surface area contributed by atoms with Gasteiger partial charge in [0.25, 0.3) is 5.56 Å². The van der Waals surface area contributed by atoms with Crippen molar-refractivity contribution >= 4 is 29.4 Å². The number of amides is 1. The summed E-state index contributed by atoms with van der Waals surface area (Å²) in [4.78, 5) is 30.7. The van der Waals surface area contributed by atoms with Crippen LogP contribution in [-0.2, 0) is 22.5 Å². The summed E-state index contributed by atoms with van der Waals surface area (Å²) in [6, 6.07) is 9.87. The molecule has 6 nitrogen and oxygen atoms in total. The Morgan fingerprint density at radius 3 is 3.00 bits per heavy atom. The first-order valence-corrected chi connectivity index (χ1v) is 11.5. The van der Waals surface area contributed by atoms with Crippen LogP contribution in [0, 0.1) is 0 Å². The number of ether oxygens (including phenoxy) is 1. The molecule has 2 aliphatic heterocycles. The molecule has 2 aliphatic rings. The molecule has 1 atom stereocenters. The Hall–Kier alpha value is -1.77. The Morgan fingerprint density at radius 1 is 1.36 bits per heavy atom. The molecular weight excluding hydrogens is 394 g/mol. The first kappa shape index (κ1) is 19.5. The zero-order valence-electron chi connectivity index (χ0n) is 15.6. The lowest BCUT2D eigenvalue weighted by atomic mass is 10.2. The number of carbonyl (C=O) groups is 1. The number of hydrogen-bond acceptors (Lipinski definition) is 6. The highest BCUT2D eigenvalue weighted by Crippen LogP contribution is 2.29. The maximum absolute atomic E-state index is 13.0. The van der Waals surface area contributed by atoms with Crippen molar-refractivity contribution < 1.29 is 9.53 Å². The standard InChI is InChI=1S/C20H23N3O3S2/c24-17(21-11-15-7-4-9-26-15)13-28-20-22-16-8-10-27-18(16)19(25)23(20)12-14-5-2-1-3-6-14/h1-3,5-6,15H,4,7-13H2,(H,21,24)/t15-/m1/s1. The Bertz CT molecular complexity index is 896. The molecule has 1 aromatic heterocycles. The summed E-state index contributed by atoms with van der Waals surface area (Å²) in [6.45, 7) is 1.78. The van der Waals surface area contributed by atoms with E-state index in [4.69, 9.17) is 9.72 Å². The third-order valence-corrected chi connectivity index (χ3v) is 6.90. The molecule has 1 aromatic carbocycles. The van der Waals surface area contributed by atoms with E-state index in [9.17, 15) is 9.59 Å². The molecule has 2 aromatic rings. The smallest absolute Gasteiger partial charge is 0.268 e. The number of aryl methyl sites for hydroxylation is 1. The van der Waals surface area contributed by atoms with Crippen molar-refractivity contribution in [1.82, 2.24) is 14.9 Å². The van der Waals surface area contributed by atoms with Crippen LogP contribution in [0.4, 0.5) is 0 Å². The number of thioether (sulfide) groups is 2. The quantitative estimate of drug-likeness (QED) is 0.551. The number of nitrogens with one attached hydrogen (secondary N) is 1. The van der Waals surface area contributed by atoms with Crippen molar-refractivity contribution in [3.05, 3.63) is 51.9 Å². The van der Waals surface area contributed by atoms with Gasteiger partial charge in [-0.25, -0.2) is 4.98 Å². The number of benzene rings is 1. The van der Waals surface area contributed by atoms with E-state index in [1.165, 1.54) is 11.8 Å². The fourth-order valence-corrected chi connectivity index (χ4v) is 5.24. The summed E-state index contributed by atoms with van der Waals surface area (Å²) in [7, 11) is 0. The molecule has 1 N–H and O–H groups in total. The summed E-state index contributed by atoms with van der Waals surface area (Å²) in [6.07, 6.45) is 2.98. The van der Waals surface area contributed by atoms with Crippen molar-refractivity contribution in [2.24, 2.45) is 0 Å². The Balaban J connectivity index is 1.48. The van der Waals surface area contributed by atoms with Crippen LogP contribution in [-0.4, -0.2) is 46.2 Å². The molecule has 0 saturated carbocycles. The average molecular weight is 418 g/mol. The maximum Gasteiger partial charge on any atom is 0.268 e. The van der Waals surface area contributed by atoms with Crippen LogP contribution in [0.25, 0.3) is 0 Å². The highest BCUT2D eigenvalue weighted by atomic mass is 32.2.